The second-order valence-electron chi connectivity index (χ2n) is 5.84. The fraction of sp³-hybridized carbons (Fsp3) is 0.471. The fourth-order valence-corrected chi connectivity index (χ4v) is 2.86. The summed E-state index contributed by atoms with van der Waals surface area (Å²) in [5.74, 6) is -0.803. The Morgan fingerprint density at radius 1 is 1.20 bits per heavy atom. The minimum atomic E-state index is -0.803. The predicted octanol–water partition coefficient (Wildman–Crippen LogP) is 0.628. The van der Waals surface area contributed by atoms with Crippen LogP contribution in [0.1, 0.15) is 6.42 Å². The summed E-state index contributed by atoms with van der Waals surface area (Å²) >= 11 is 0. The van der Waals surface area contributed by atoms with Gasteiger partial charge in [-0.05, 0) is 24.3 Å². The lowest BCUT2D eigenvalue weighted by molar-refractivity contribution is -0.138. The molecule has 1 saturated heterocycles. The van der Waals surface area contributed by atoms with Crippen LogP contribution in [0.3, 0.4) is 0 Å². The first-order chi connectivity index (χ1) is 12.0. The average molecular weight is 348 g/mol. The molecule has 0 saturated carbocycles. The molecule has 2 N–H and O–H groups in total. The zero-order chi connectivity index (χ0) is 18.2. The third-order valence-corrected chi connectivity index (χ3v) is 4.19. The van der Waals surface area contributed by atoms with Gasteiger partial charge in [0.05, 0.1) is 6.54 Å². The van der Waals surface area contributed by atoms with Gasteiger partial charge in [0.25, 0.3) is 0 Å². The number of hydrogen-bond acceptors (Lipinski definition) is 5. The number of carbonyl (C=O) groups excluding carboxylic acids is 2. The molecular formula is C17H24N4O4. The van der Waals surface area contributed by atoms with Gasteiger partial charge >= 0.3 is 12.0 Å². The van der Waals surface area contributed by atoms with Crippen molar-refractivity contribution >= 4 is 29.7 Å². The average Bonchev–Trinajstić information content (AvgIpc) is 2.62. The minimum Gasteiger partial charge on any atom is -0.480 e. The first-order valence-electron chi connectivity index (χ1n) is 8.27. The number of nitrogens with zero attached hydrogens (tertiary/aromatic N) is 3. The van der Waals surface area contributed by atoms with Gasteiger partial charge in [-0.25, -0.2) is 4.79 Å². The van der Waals surface area contributed by atoms with Crippen LogP contribution < -0.4 is 15.1 Å². The van der Waals surface area contributed by atoms with Gasteiger partial charge in [0.15, 0.2) is 0 Å². The molecule has 136 valence electrons. The molecule has 8 nitrogen and oxygen atoms in total. The zero-order valence-electron chi connectivity index (χ0n) is 14.4. The van der Waals surface area contributed by atoms with Gasteiger partial charge in [0.2, 0.25) is 0 Å². The number of rotatable bonds is 7. The molecule has 0 bridgehead atoms. The minimum absolute atomic E-state index is 0.0740. The maximum atomic E-state index is 12.0. The Morgan fingerprint density at radius 2 is 1.84 bits per heavy atom. The maximum absolute atomic E-state index is 12.0. The number of benzene rings is 1. The number of anilines is 2. The standard InChI is InChI=1S/C17H24N4O4/c1-18-17(25)21(7-2-12-22)15-5-3-14(4-6-15)20-10-8-19(9-11-20)13-16(23)24/h3-6,12H,2,7-11,13H2,1H3,(H,18,25)(H,23,24). The summed E-state index contributed by atoms with van der Waals surface area (Å²) < 4.78 is 0. The molecule has 25 heavy (non-hydrogen) atoms. The molecule has 1 aromatic carbocycles. The highest BCUT2D eigenvalue weighted by atomic mass is 16.4. The third kappa shape index (κ3) is 5.18. The van der Waals surface area contributed by atoms with Gasteiger partial charge in [0, 0.05) is 57.6 Å². The van der Waals surface area contributed by atoms with E-state index in [4.69, 9.17) is 5.11 Å². The van der Waals surface area contributed by atoms with Crippen LogP contribution in [0.25, 0.3) is 0 Å². The third-order valence-electron chi connectivity index (χ3n) is 4.19. The lowest BCUT2D eigenvalue weighted by Crippen LogP contribution is -2.48. The van der Waals surface area contributed by atoms with Gasteiger partial charge in [0.1, 0.15) is 6.29 Å². The number of carboxylic acid groups (broad SMARTS) is 1. The number of carbonyl (C=O) groups is 3. The number of aldehydes is 1. The molecule has 0 unspecified atom stereocenters. The molecule has 2 amide bonds. The topological polar surface area (TPSA) is 93.2 Å². The van der Waals surface area contributed by atoms with E-state index < -0.39 is 5.97 Å². The Balaban J connectivity index is 2.00. The van der Waals surface area contributed by atoms with Crippen LogP contribution in [-0.2, 0) is 9.59 Å². The molecule has 1 fully saturated rings. The molecular weight excluding hydrogens is 324 g/mol. The van der Waals surface area contributed by atoms with Crippen LogP contribution in [0.2, 0.25) is 0 Å². The Hall–Kier alpha value is -2.61. The van der Waals surface area contributed by atoms with Crippen molar-refractivity contribution in [1.29, 1.82) is 0 Å². The van der Waals surface area contributed by atoms with Crippen LogP contribution in [0.5, 0.6) is 0 Å². The van der Waals surface area contributed by atoms with E-state index in [1.807, 2.05) is 29.2 Å². The SMILES string of the molecule is CNC(=O)N(CCC=O)c1ccc(N2CCN(CC(=O)O)CC2)cc1. The molecule has 0 radical (unpaired) electrons. The highest BCUT2D eigenvalue weighted by Crippen LogP contribution is 2.22. The van der Waals surface area contributed by atoms with Crippen LogP contribution in [-0.4, -0.2) is 74.6 Å². The smallest absolute Gasteiger partial charge is 0.321 e. The van der Waals surface area contributed by atoms with Crippen LogP contribution >= 0.6 is 0 Å². The molecule has 0 aromatic heterocycles. The monoisotopic (exact) mass is 348 g/mol. The summed E-state index contributed by atoms with van der Waals surface area (Å²) in [5, 5.41) is 11.4. The van der Waals surface area contributed by atoms with E-state index in [1.165, 1.54) is 4.90 Å². The first kappa shape index (κ1) is 18.7. The van der Waals surface area contributed by atoms with Gasteiger partial charge in [-0.15, -0.1) is 0 Å². The van der Waals surface area contributed by atoms with Gasteiger partial charge in [-0.3, -0.25) is 14.6 Å². The maximum Gasteiger partial charge on any atom is 0.321 e. The first-order valence-corrected chi connectivity index (χ1v) is 8.27. The van der Waals surface area contributed by atoms with Crippen LogP contribution in [0, 0.1) is 0 Å². The summed E-state index contributed by atoms with van der Waals surface area (Å²) in [6.07, 6.45) is 1.07. The van der Waals surface area contributed by atoms with Crippen LogP contribution in [0.15, 0.2) is 24.3 Å². The Labute approximate surface area is 147 Å². The van der Waals surface area contributed by atoms with E-state index in [2.05, 4.69) is 10.2 Å². The molecule has 1 aromatic rings. The number of hydrogen-bond donors (Lipinski definition) is 2. The van der Waals surface area contributed by atoms with Crippen molar-refractivity contribution in [1.82, 2.24) is 10.2 Å². The zero-order valence-corrected chi connectivity index (χ0v) is 14.4. The van der Waals surface area contributed by atoms with E-state index >= 15 is 0 Å². The molecule has 0 atom stereocenters. The highest BCUT2D eigenvalue weighted by molar-refractivity contribution is 5.92. The molecule has 0 aliphatic carbocycles. The van der Waals surface area contributed by atoms with Crippen molar-refractivity contribution in [3.05, 3.63) is 24.3 Å². The van der Waals surface area contributed by atoms with Crippen molar-refractivity contribution in [2.45, 2.75) is 6.42 Å². The summed E-state index contributed by atoms with van der Waals surface area (Å²) in [6, 6.07) is 7.35. The summed E-state index contributed by atoms with van der Waals surface area (Å²) in [5.41, 5.74) is 1.76. The van der Waals surface area contributed by atoms with Crippen molar-refractivity contribution < 1.29 is 19.5 Å². The summed E-state index contributed by atoms with van der Waals surface area (Å²) in [4.78, 5) is 39.0. The molecule has 1 aliphatic rings. The van der Waals surface area contributed by atoms with Crippen molar-refractivity contribution in [3.8, 4) is 0 Å². The number of carboxylic acids is 1. The highest BCUT2D eigenvalue weighted by Gasteiger charge is 2.19. The van der Waals surface area contributed by atoms with E-state index in [0.29, 0.717) is 19.6 Å². The molecule has 8 heteroatoms. The predicted molar refractivity (Wildman–Crippen MR) is 95.2 cm³/mol. The van der Waals surface area contributed by atoms with Crippen molar-refractivity contribution in [3.63, 3.8) is 0 Å². The summed E-state index contributed by atoms with van der Waals surface area (Å²) in [7, 11) is 1.56. The largest absolute Gasteiger partial charge is 0.480 e. The molecule has 1 heterocycles. The lowest BCUT2D eigenvalue weighted by atomic mass is 10.2. The Kier molecular flexibility index (Phi) is 6.76. The van der Waals surface area contributed by atoms with Gasteiger partial charge < -0.3 is 20.1 Å². The normalized spacial score (nSPS) is 14.8. The number of urea groups is 1. The van der Waals surface area contributed by atoms with E-state index in [9.17, 15) is 14.4 Å². The second kappa shape index (κ2) is 9.03. The molecule has 2 rings (SSSR count). The molecule has 1 aliphatic heterocycles. The second-order valence-corrected chi connectivity index (χ2v) is 5.84. The Bertz CT molecular complexity index is 597. The van der Waals surface area contributed by atoms with E-state index in [-0.39, 0.29) is 19.0 Å². The van der Waals surface area contributed by atoms with Gasteiger partial charge in [-0.1, -0.05) is 0 Å². The number of piperazine rings is 1. The molecule has 0 spiro atoms. The van der Waals surface area contributed by atoms with Gasteiger partial charge in [-0.2, -0.15) is 0 Å². The summed E-state index contributed by atoms with van der Waals surface area (Å²) in [6.45, 7) is 3.34. The van der Waals surface area contributed by atoms with Crippen molar-refractivity contribution in [2.24, 2.45) is 0 Å². The number of nitrogens with one attached hydrogen (secondary N) is 1. The lowest BCUT2D eigenvalue weighted by Gasteiger charge is -2.35. The quantitative estimate of drug-likeness (QED) is 0.702. The van der Waals surface area contributed by atoms with Crippen molar-refractivity contribution in [2.75, 3.05) is 56.1 Å². The van der Waals surface area contributed by atoms with Crippen LogP contribution in [0.4, 0.5) is 16.2 Å². The number of aliphatic carboxylic acids is 1. The van der Waals surface area contributed by atoms with E-state index in [0.717, 1.165) is 30.8 Å². The fourth-order valence-electron chi connectivity index (χ4n) is 2.86. The van der Waals surface area contributed by atoms with E-state index in [1.54, 1.807) is 7.05 Å². The Morgan fingerprint density at radius 3 is 2.36 bits per heavy atom. The number of amides is 2.